The zero-order valence-corrected chi connectivity index (χ0v) is 17.6. The Balaban J connectivity index is 1.47. The summed E-state index contributed by atoms with van der Waals surface area (Å²) < 4.78 is 45.2. The van der Waals surface area contributed by atoms with Crippen molar-refractivity contribution in [1.29, 1.82) is 0 Å². The molecule has 1 aliphatic heterocycles. The molecular weight excluding hydrogens is 445 g/mol. The molecule has 2 aromatic carbocycles. The highest BCUT2D eigenvalue weighted by atomic mass is 32.2. The summed E-state index contributed by atoms with van der Waals surface area (Å²) in [6.45, 7) is -0.513. The van der Waals surface area contributed by atoms with Crippen LogP contribution in [-0.4, -0.2) is 49.2 Å². The van der Waals surface area contributed by atoms with Crippen LogP contribution in [0.5, 0.6) is 0 Å². The van der Waals surface area contributed by atoms with Gasteiger partial charge in [-0.2, -0.15) is 4.31 Å². The fourth-order valence-corrected chi connectivity index (χ4v) is 4.78. The van der Waals surface area contributed by atoms with E-state index in [9.17, 15) is 32.5 Å². The van der Waals surface area contributed by atoms with Gasteiger partial charge in [0.15, 0.2) is 6.61 Å². The Labute approximate surface area is 183 Å². The van der Waals surface area contributed by atoms with Crippen LogP contribution in [0.2, 0.25) is 0 Å². The summed E-state index contributed by atoms with van der Waals surface area (Å²) in [5.41, 5.74) is 0.182. The predicted octanol–water partition coefficient (Wildman–Crippen LogP) is 2.32. The highest BCUT2D eigenvalue weighted by molar-refractivity contribution is 7.89. The highest BCUT2D eigenvalue weighted by Crippen LogP contribution is 2.26. The van der Waals surface area contributed by atoms with E-state index < -0.39 is 50.1 Å². The first-order valence-electron chi connectivity index (χ1n) is 9.64. The summed E-state index contributed by atoms with van der Waals surface area (Å²) in [5.74, 6) is -2.68. The minimum atomic E-state index is -4.01. The van der Waals surface area contributed by atoms with Gasteiger partial charge >= 0.3 is 5.97 Å². The van der Waals surface area contributed by atoms with Crippen LogP contribution in [0.15, 0.2) is 53.4 Å². The van der Waals surface area contributed by atoms with Crippen molar-refractivity contribution in [3.05, 3.63) is 64.5 Å². The second-order valence-corrected chi connectivity index (χ2v) is 8.98. The van der Waals surface area contributed by atoms with E-state index in [0.717, 1.165) is 10.4 Å². The number of piperidine rings is 1. The lowest BCUT2D eigenvalue weighted by Crippen LogP contribution is -2.41. The van der Waals surface area contributed by atoms with Crippen LogP contribution < -0.4 is 5.32 Å². The molecule has 1 amide bonds. The van der Waals surface area contributed by atoms with Crippen molar-refractivity contribution < 1.29 is 32.1 Å². The van der Waals surface area contributed by atoms with E-state index in [0.29, 0.717) is 5.69 Å². The molecule has 2 aromatic rings. The molecule has 3 rings (SSSR count). The van der Waals surface area contributed by atoms with E-state index in [2.05, 4.69) is 5.32 Å². The van der Waals surface area contributed by atoms with Gasteiger partial charge in [0, 0.05) is 30.9 Å². The van der Waals surface area contributed by atoms with Gasteiger partial charge in [0.25, 0.3) is 11.6 Å². The number of hydrogen-bond donors (Lipinski definition) is 1. The minimum absolute atomic E-state index is 0.0193. The van der Waals surface area contributed by atoms with Crippen molar-refractivity contribution in [2.75, 3.05) is 25.0 Å². The molecule has 0 aromatic heterocycles. The predicted molar refractivity (Wildman–Crippen MR) is 111 cm³/mol. The molecule has 0 radical (unpaired) electrons. The second-order valence-electron chi connectivity index (χ2n) is 7.07. The first-order chi connectivity index (χ1) is 15.2. The van der Waals surface area contributed by atoms with E-state index in [-0.39, 0.29) is 31.6 Å². The lowest BCUT2D eigenvalue weighted by Gasteiger charge is -2.30. The number of rotatable bonds is 7. The molecule has 1 saturated heterocycles. The smallest absolute Gasteiger partial charge is 0.309 e. The number of nitro groups is 1. The number of carbonyl (C=O) groups excluding carboxylic acids is 2. The largest absolute Gasteiger partial charge is 0.455 e. The maximum absolute atomic E-state index is 13.9. The van der Waals surface area contributed by atoms with Crippen molar-refractivity contribution >= 4 is 33.3 Å². The number of sulfonamides is 1. The Morgan fingerprint density at radius 3 is 2.34 bits per heavy atom. The fourth-order valence-electron chi connectivity index (χ4n) is 3.24. The summed E-state index contributed by atoms with van der Waals surface area (Å²) in [6, 6.07) is 10.2. The normalized spacial score (nSPS) is 15.2. The monoisotopic (exact) mass is 465 g/mol. The standard InChI is InChI=1S/C20H20FN3O7S/c21-17-3-1-2-4-18(17)32(29,30)23-11-9-14(10-12-23)20(26)31-13-19(25)22-15-5-7-16(8-6-15)24(27)28/h1-8,14H,9-13H2,(H,22,25). The van der Waals surface area contributed by atoms with Crippen LogP contribution in [0.1, 0.15) is 12.8 Å². The van der Waals surface area contributed by atoms with Gasteiger partial charge < -0.3 is 10.1 Å². The van der Waals surface area contributed by atoms with Crippen LogP contribution in [0, 0.1) is 21.8 Å². The van der Waals surface area contributed by atoms with E-state index in [1.165, 1.54) is 42.5 Å². The molecule has 0 aliphatic carbocycles. The van der Waals surface area contributed by atoms with Gasteiger partial charge in [-0.15, -0.1) is 0 Å². The third-order valence-electron chi connectivity index (χ3n) is 4.95. The number of amides is 1. The van der Waals surface area contributed by atoms with E-state index >= 15 is 0 Å². The first-order valence-corrected chi connectivity index (χ1v) is 11.1. The van der Waals surface area contributed by atoms with Crippen molar-refractivity contribution in [1.82, 2.24) is 4.31 Å². The quantitative estimate of drug-likeness (QED) is 0.376. The van der Waals surface area contributed by atoms with Crippen molar-refractivity contribution in [2.24, 2.45) is 5.92 Å². The van der Waals surface area contributed by atoms with Crippen molar-refractivity contribution in [3.63, 3.8) is 0 Å². The molecule has 32 heavy (non-hydrogen) atoms. The van der Waals surface area contributed by atoms with Gasteiger partial charge in [-0.25, -0.2) is 12.8 Å². The maximum Gasteiger partial charge on any atom is 0.309 e. The minimum Gasteiger partial charge on any atom is -0.455 e. The average molecular weight is 465 g/mol. The summed E-state index contributed by atoms with van der Waals surface area (Å²) in [4.78, 5) is 33.8. The first kappa shape index (κ1) is 23.3. The number of anilines is 1. The molecule has 1 aliphatic rings. The van der Waals surface area contributed by atoms with Gasteiger partial charge in [0.2, 0.25) is 10.0 Å². The summed E-state index contributed by atoms with van der Waals surface area (Å²) in [5, 5.41) is 13.1. The van der Waals surface area contributed by atoms with Gasteiger partial charge in [-0.05, 0) is 37.1 Å². The Kier molecular flexibility index (Phi) is 7.15. The number of halogens is 1. The number of nitro benzene ring substituents is 1. The van der Waals surface area contributed by atoms with E-state index in [1.54, 1.807) is 0 Å². The molecular formula is C20H20FN3O7S. The lowest BCUT2D eigenvalue weighted by molar-refractivity contribution is -0.384. The number of non-ortho nitro benzene ring substituents is 1. The van der Waals surface area contributed by atoms with Gasteiger partial charge in [-0.3, -0.25) is 19.7 Å². The number of benzene rings is 2. The Bertz CT molecular complexity index is 1110. The van der Waals surface area contributed by atoms with Crippen molar-refractivity contribution in [3.8, 4) is 0 Å². The number of carbonyl (C=O) groups is 2. The van der Waals surface area contributed by atoms with E-state index in [1.807, 2.05) is 0 Å². The Morgan fingerprint density at radius 1 is 1.12 bits per heavy atom. The van der Waals surface area contributed by atoms with Gasteiger partial charge in [0.1, 0.15) is 10.7 Å². The molecule has 0 saturated carbocycles. The van der Waals surface area contributed by atoms with Gasteiger partial charge in [-0.1, -0.05) is 12.1 Å². The molecule has 10 nitrogen and oxygen atoms in total. The molecule has 0 unspecified atom stereocenters. The SMILES string of the molecule is O=C(COC(=O)C1CCN(S(=O)(=O)c2ccccc2F)CC1)Nc1ccc([N+](=O)[O-])cc1. The topological polar surface area (TPSA) is 136 Å². The molecule has 170 valence electrons. The second kappa shape index (κ2) is 9.83. The molecule has 0 bridgehead atoms. The summed E-state index contributed by atoms with van der Waals surface area (Å²) in [6.07, 6.45) is 0.354. The maximum atomic E-state index is 13.9. The van der Waals surface area contributed by atoms with Crippen LogP contribution >= 0.6 is 0 Å². The summed E-state index contributed by atoms with van der Waals surface area (Å²) in [7, 11) is -4.01. The molecule has 1 fully saturated rings. The third kappa shape index (κ3) is 5.45. The Morgan fingerprint density at radius 2 is 1.75 bits per heavy atom. The zero-order chi connectivity index (χ0) is 23.3. The lowest BCUT2D eigenvalue weighted by atomic mass is 9.98. The molecule has 0 atom stereocenters. The van der Waals surface area contributed by atoms with Crippen LogP contribution in [0.4, 0.5) is 15.8 Å². The zero-order valence-electron chi connectivity index (χ0n) is 16.8. The molecule has 1 heterocycles. The van der Waals surface area contributed by atoms with Crippen LogP contribution in [0.3, 0.4) is 0 Å². The van der Waals surface area contributed by atoms with Gasteiger partial charge in [0.05, 0.1) is 10.8 Å². The molecule has 12 heteroatoms. The van der Waals surface area contributed by atoms with Crippen LogP contribution in [-0.2, 0) is 24.3 Å². The number of nitrogens with one attached hydrogen (secondary N) is 1. The average Bonchev–Trinajstić information content (AvgIpc) is 2.78. The van der Waals surface area contributed by atoms with Crippen LogP contribution in [0.25, 0.3) is 0 Å². The Hall–Kier alpha value is -3.38. The highest BCUT2D eigenvalue weighted by Gasteiger charge is 2.34. The molecule has 1 N–H and O–H groups in total. The fraction of sp³-hybridized carbons (Fsp3) is 0.300. The number of ether oxygens (including phenoxy) is 1. The number of esters is 1. The summed E-state index contributed by atoms with van der Waals surface area (Å²) >= 11 is 0. The third-order valence-corrected chi connectivity index (χ3v) is 6.88. The molecule has 0 spiro atoms. The van der Waals surface area contributed by atoms with E-state index in [4.69, 9.17) is 4.74 Å². The van der Waals surface area contributed by atoms with Crippen molar-refractivity contribution in [2.45, 2.75) is 17.7 Å². The number of hydrogen-bond acceptors (Lipinski definition) is 7. The number of nitrogens with zero attached hydrogens (tertiary/aromatic N) is 2.